The normalized spacial score (nSPS) is 12.0. The van der Waals surface area contributed by atoms with Crippen molar-refractivity contribution in [2.45, 2.75) is 13.0 Å². The summed E-state index contributed by atoms with van der Waals surface area (Å²) in [5.41, 5.74) is 1.79. The van der Waals surface area contributed by atoms with Gasteiger partial charge in [0, 0.05) is 21.6 Å². The fourth-order valence-electron chi connectivity index (χ4n) is 2.01. The number of hydrogen-bond donors (Lipinski definition) is 0. The standard InChI is InChI=1S/C16H15Br2NO/c1-11(12-6-4-3-5-7-12)19(2)16(20)13-8-14(17)10-15(18)9-13/h3-11H,1-2H3. The van der Waals surface area contributed by atoms with Crippen molar-refractivity contribution in [2.75, 3.05) is 7.05 Å². The number of amides is 1. The summed E-state index contributed by atoms with van der Waals surface area (Å²) >= 11 is 6.82. The van der Waals surface area contributed by atoms with E-state index in [1.54, 1.807) is 4.90 Å². The first kappa shape index (κ1) is 15.3. The molecule has 0 spiro atoms. The van der Waals surface area contributed by atoms with Crippen molar-refractivity contribution in [3.63, 3.8) is 0 Å². The van der Waals surface area contributed by atoms with Crippen LogP contribution in [-0.2, 0) is 0 Å². The molecule has 0 saturated carbocycles. The van der Waals surface area contributed by atoms with E-state index in [0.29, 0.717) is 5.56 Å². The van der Waals surface area contributed by atoms with E-state index in [0.717, 1.165) is 14.5 Å². The molecule has 4 heteroatoms. The zero-order chi connectivity index (χ0) is 14.7. The highest BCUT2D eigenvalue weighted by atomic mass is 79.9. The van der Waals surface area contributed by atoms with Gasteiger partial charge in [0.1, 0.15) is 0 Å². The minimum Gasteiger partial charge on any atom is -0.335 e. The Labute approximate surface area is 136 Å². The molecule has 2 rings (SSSR count). The molecule has 20 heavy (non-hydrogen) atoms. The van der Waals surface area contributed by atoms with Crippen LogP contribution < -0.4 is 0 Å². The molecule has 1 amide bonds. The molecule has 0 aliphatic carbocycles. The van der Waals surface area contributed by atoms with Gasteiger partial charge in [-0.3, -0.25) is 4.79 Å². The molecule has 1 unspecified atom stereocenters. The average molecular weight is 397 g/mol. The number of halogens is 2. The van der Waals surface area contributed by atoms with Gasteiger partial charge in [0.25, 0.3) is 5.91 Å². The van der Waals surface area contributed by atoms with E-state index >= 15 is 0 Å². The largest absolute Gasteiger partial charge is 0.335 e. The number of carbonyl (C=O) groups is 1. The highest BCUT2D eigenvalue weighted by Crippen LogP contribution is 2.24. The van der Waals surface area contributed by atoms with Crippen LogP contribution in [0.2, 0.25) is 0 Å². The van der Waals surface area contributed by atoms with Gasteiger partial charge in [0.05, 0.1) is 6.04 Å². The van der Waals surface area contributed by atoms with Crippen LogP contribution in [0.3, 0.4) is 0 Å². The van der Waals surface area contributed by atoms with Crippen LogP contribution in [0.25, 0.3) is 0 Å². The van der Waals surface area contributed by atoms with E-state index in [1.165, 1.54) is 0 Å². The minimum atomic E-state index is 0.00310. The highest BCUT2D eigenvalue weighted by molar-refractivity contribution is 9.11. The smallest absolute Gasteiger partial charge is 0.254 e. The van der Waals surface area contributed by atoms with Gasteiger partial charge in [-0.15, -0.1) is 0 Å². The van der Waals surface area contributed by atoms with E-state index in [-0.39, 0.29) is 11.9 Å². The molecule has 0 N–H and O–H groups in total. The van der Waals surface area contributed by atoms with Crippen molar-refractivity contribution >= 4 is 37.8 Å². The van der Waals surface area contributed by atoms with Gasteiger partial charge in [-0.25, -0.2) is 0 Å². The van der Waals surface area contributed by atoms with Crippen molar-refractivity contribution < 1.29 is 4.79 Å². The lowest BCUT2D eigenvalue weighted by atomic mass is 10.1. The molecule has 1 atom stereocenters. The first-order valence-electron chi connectivity index (χ1n) is 6.27. The molecule has 0 aromatic heterocycles. The van der Waals surface area contributed by atoms with E-state index in [9.17, 15) is 4.79 Å². The van der Waals surface area contributed by atoms with Crippen molar-refractivity contribution in [2.24, 2.45) is 0 Å². The molecule has 2 nitrogen and oxygen atoms in total. The molecule has 2 aromatic carbocycles. The summed E-state index contributed by atoms with van der Waals surface area (Å²) in [4.78, 5) is 14.3. The number of carbonyl (C=O) groups excluding carboxylic acids is 1. The summed E-state index contributed by atoms with van der Waals surface area (Å²) in [6.45, 7) is 2.03. The van der Waals surface area contributed by atoms with Gasteiger partial charge >= 0.3 is 0 Å². The van der Waals surface area contributed by atoms with Crippen molar-refractivity contribution in [1.29, 1.82) is 0 Å². The van der Waals surface area contributed by atoms with Gasteiger partial charge < -0.3 is 4.90 Å². The topological polar surface area (TPSA) is 20.3 Å². The zero-order valence-electron chi connectivity index (χ0n) is 11.3. The van der Waals surface area contributed by atoms with Crippen LogP contribution in [0.1, 0.15) is 28.9 Å². The maximum atomic E-state index is 12.5. The maximum absolute atomic E-state index is 12.5. The number of benzene rings is 2. The minimum absolute atomic E-state index is 0.00310. The molecule has 104 valence electrons. The first-order chi connectivity index (χ1) is 9.49. The molecule has 0 aliphatic rings. The summed E-state index contributed by atoms with van der Waals surface area (Å²) < 4.78 is 1.77. The molecule has 2 aromatic rings. The number of nitrogens with zero attached hydrogens (tertiary/aromatic N) is 1. The predicted octanol–water partition coefficient (Wildman–Crippen LogP) is 5.04. The Balaban J connectivity index is 2.24. The third-order valence-electron chi connectivity index (χ3n) is 3.29. The van der Waals surface area contributed by atoms with Crippen molar-refractivity contribution in [3.05, 3.63) is 68.6 Å². The molecule has 0 radical (unpaired) electrons. The second kappa shape index (κ2) is 6.55. The Bertz CT molecular complexity index is 593. The number of hydrogen-bond acceptors (Lipinski definition) is 1. The van der Waals surface area contributed by atoms with Gasteiger partial charge in [-0.05, 0) is 30.7 Å². The summed E-state index contributed by atoms with van der Waals surface area (Å²) in [6, 6.07) is 15.6. The molecular formula is C16H15Br2NO. The van der Waals surface area contributed by atoms with E-state index in [1.807, 2.05) is 62.5 Å². The van der Waals surface area contributed by atoms with E-state index in [2.05, 4.69) is 31.9 Å². The molecule has 0 heterocycles. The summed E-state index contributed by atoms with van der Waals surface area (Å²) in [5.74, 6) is 0.00310. The second-order valence-electron chi connectivity index (χ2n) is 4.66. The van der Waals surface area contributed by atoms with Crippen LogP contribution in [0.4, 0.5) is 0 Å². The molecule has 0 bridgehead atoms. The van der Waals surface area contributed by atoms with E-state index in [4.69, 9.17) is 0 Å². The monoisotopic (exact) mass is 395 g/mol. The fourth-order valence-corrected chi connectivity index (χ4v) is 3.31. The van der Waals surface area contributed by atoms with E-state index < -0.39 is 0 Å². The van der Waals surface area contributed by atoms with Crippen LogP contribution in [-0.4, -0.2) is 17.9 Å². The fraction of sp³-hybridized carbons (Fsp3) is 0.188. The maximum Gasteiger partial charge on any atom is 0.254 e. The quantitative estimate of drug-likeness (QED) is 0.711. The lowest BCUT2D eigenvalue weighted by Gasteiger charge is -2.25. The Morgan fingerprint density at radius 1 is 1.05 bits per heavy atom. The highest BCUT2D eigenvalue weighted by Gasteiger charge is 2.19. The lowest BCUT2D eigenvalue weighted by molar-refractivity contribution is 0.0742. The molecule has 0 saturated heterocycles. The first-order valence-corrected chi connectivity index (χ1v) is 7.86. The molecular weight excluding hydrogens is 382 g/mol. The van der Waals surface area contributed by atoms with Crippen LogP contribution in [0.5, 0.6) is 0 Å². The van der Waals surface area contributed by atoms with Gasteiger partial charge in [0.15, 0.2) is 0 Å². The SMILES string of the molecule is CC(c1ccccc1)N(C)C(=O)c1cc(Br)cc(Br)c1. The zero-order valence-corrected chi connectivity index (χ0v) is 14.5. The Morgan fingerprint density at radius 3 is 2.15 bits per heavy atom. The third-order valence-corrected chi connectivity index (χ3v) is 4.21. The van der Waals surface area contributed by atoms with Crippen LogP contribution in [0, 0.1) is 0 Å². The van der Waals surface area contributed by atoms with Gasteiger partial charge in [-0.2, -0.15) is 0 Å². The molecule has 0 fully saturated rings. The second-order valence-corrected chi connectivity index (χ2v) is 6.49. The predicted molar refractivity (Wildman–Crippen MR) is 88.8 cm³/mol. The average Bonchev–Trinajstić information content (AvgIpc) is 2.45. The Hall–Kier alpha value is -1.13. The van der Waals surface area contributed by atoms with Crippen molar-refractivity contribution in [1.82, 2.24) is 4.90 Å². The van der Waals surface area contributed by atoms with Crippen LogP contribution in [0.15, 0.2) is 57.5 Å². The number of rotatable bonds is 3. The Morgan fingerprint density at radius 2 is 1.60 bits per heavy atom. The third kappa shape index (κ3) is 3.49. The van der Waals surface area contributed by atoms with Crippen LogP contribution >= 0.6 is 31.9 Å². The van der Waals surface area contributed by atoms with Gasteiger partial charge in [0.2, 0.25) is 0 Å². The Kier molecular flexibility index (Phi) is 5.00. The van der Waals surface area contributed by atoms with Crippen molar-refractivity contribution in [3.8, 4) is 0 Å². The lowest BCUT2D eigenvalue weighted by Crippen LogP contribution is -2.29. The summed E-state index contributed by atoms with van der Waals surface area (Å²) in [5, 5.41) is 0. The summed E-state index contributed by atoms with van der Waals surface area (Å²) in [6.07, 6.45) is 0. The summed E-state index contributed by atoms with van der Waals surface area (Å²) in [7, 11) is 1.83. The molecule has 0 aliphatic heterocycles. The van der Waals surface area contributed by atoms with Gasteiger partial charge in [-0.1, -0.05) is 62.2 Å².